The minimum absolute atomic E-state index is 0.0170. The molecule has 3 heterocycles. The third kappa shape index (κ3) is 6.37. The van der Waals surface area contributed by atoms with Gasteiger partial charge in [0, 0.05) is 43.2 Å². The smallest absolute Gasteiger partial charge is 0.271 e. The van der Waals surface area contributed by atoms with Crippen molar-refractivity contribution in [3.63, 3.8) is 0 Å². The Morgan fingerprint density at radius 2 is 1.56 bits per heavy atom. The number of anilines is 1. The summed E-state index contributed by atoms with van der Waals surface area (Å²) in [4.78, 5) is 56.5. The molecule has 2 aliphatic rings. The summed E-state index contributed by atoms with van der Waals surface area (Å²) >= 11 is 1.35. The third-order valence-electron chi connectivity index (χ3n) is 6.48. The first-order valence-electron chi connectivity index (χ1n) is 12.7. The molecule has 3 aromatic rings. The first-order chi connectivity index (χ1) is 19.0. The van der Waals surface area contributed by atoms with Crippen LogP contribution >= 0.6 is 11.8 Å². The number of nitrogens with zero attached hydrogens (tertiary/aromatic N) is 3. The lowest BCUT2D eigenvalue weighted by molar-refractivity contribution is -0.121. The van der Waals surface area contributed by atoms with E-state index in [1.54, 1.807) is 24.3 Å². The number of para-hydroxylation sites is 1. The average Bonchev–Trinajstić information content (AvgIpc) is 3.63. The molecular weight excluding hydrogens is 516 g/mol. The number of hydrazine groups is 1. The number of likely N-dealkylation sites (tertiary alicyclic amines) is 1. The highest BCUT2D eigenvalue weighted by atomic mass is 32.2. The van der Waals surface area contributed by atoms with Crippen molar-refractivity contribution in [2.75, 3.05) is 18.4 Å². The summed E-state index contributed by atoms with van der Waals surface area (Å²) in [7, 11) is 0. The number of hydrogen-bond acceptors (Lipinski definition) is 6. The maximum atomic E-state index is 12.7. The van der Waals surface area contributed by atoms with Crippen LogP contribution in [-0.2, 0) is 9.59 Å². The van der Waals surface area contributed by atoms with E-state index in [1.807, 2.05) is 41.2 Å². The van der Waals surface area contributed by atoms with Crippen molar-refractivity contribution >= 4 is 46.2 Å². The van der Waals surface area contributed by atoms with Gasteiger partial charge in [0.1, 0.15) is 5.25 Å². The summed E-state index contributed by atoms with van der Waals surface area (Å²) in [6, 6.07) is 17.0. The number of nitrogens with one attached hydrogen (secondary N) is 3. The van der Waals surface area contributed by atoms with Gasteiger partial charge in [-0.3, -0.25) is 30.0 Å². The van der Waals surface area contributed by atoms with Gasteiger partial charge in [0.15, 0.2) is 5.17 Å². The summed E-state index contributed by atoms with van der Waals surface area (Å²) in [6.45, 7) is 1.78. The van der Waals surface area contributed by atoms with Gasteiger partial charge < -0.3 is 14.8 Å². The van der Waals surface area contributed by atoms with Crippen LogP contribution < -0.4 is 16.2 Å². The zero-order chi connectivity index (χ0) is 27.2. The summed E-state index contributed by atoms with van der Waals surface area (Å²) < 4.78 is 1.81. The topological polar surface area (TPSA) is 125 Å². The van der Waals surface area contributed by atoms with Gasteiger partial charge in [-0.05, 0) is 67.8 Å². The Labute approximate surface area is 229 Å². The van der Waals surface area contributed by atoms with Gasteiger partial charge >= 0.3 is 0 Å². The van der Waals surface area contributed by atoms with Crippen LogP contribution in [0.2, 0.25) is 0 Å². The summed E-state index contributed by atoms with van der Waals surface area (Å²) in [6.07, 6.45) is 7.03. The standard InChI is InChI=1S/C28H28N6O4S/c35-24(18-23-27(38)30-28(39-23)34-16-4-1-5-17-34)29-20-12-10-19(11-13-20)25(36)31-32-26(37)21-8-2-3-9-22(21)33-14-6-7-15-33/h2-3,6-15,23H,1,4-5,16-18H2,(H,29,35)(H,31,36)(H,32,37). The molecule has 3 N–H and O–H groups in total. The Morgan fingerprint density at radius 1 is 0.872 bits per heavy atom. The molecule has 1 atom stereocenters. The van der Waals surface area contributed by atoms with Gasteiger partial charge in [0.25, 0.3) is 17.7 Å². The molecule has 4 amide bonds. The molecular formula is C28H28N6O4S. The second-order valence-electron chi connectivity index (χ2n) is 9.23. The molecule has 1 saturated heterocycles. The highest BCUT2D eigenvalue weighted by Crippen LogP contribution is 2.29. The van der Waals surface area contributed by atoms with Crippen molar-refractivity contribution in [2.45, 2.75) is 30.9 Å². The van der Waals surface area contributed by atoms with Gasteiger partial charge in [-0.25, -0.2) is 0 Å². The van der Waals surface area contributed by atoms with Crippen LogP contribution in [0.5, 0.6) is 0 Å². The van der Waals surface area contributed by atoms with E-state index < -0.39 is 17.1 Å². The Balaban J connectivity index is 1.11. The largest absolute Gasteiger partial charge is 0.351 e. The molecule has 1 fully saturated rings. The summed E-state index contributed by atoms with van der Waals surface area (Å²) in [5.41, 5.74) is 6.75. The Hall–Kier alpha value is -4.38. The van der Waals surface area contributed by atoms with Crippen LogP contribution in [0.1, 0.15) is 46.4 Å². The molecule has 0 radical (unpaired) electrons. The quantitative estimate of drug-likeness (QED) is 0.409. The lowest BCUT2D eigenvalue weighted by atomic mass is 10.1. The van der Waals surface area contributed by atoms with Crippen LogP contribution in [0.3, 0.4) is 0 Å². The number of carbonyl (C=O) groups excluding carboxylic acids is 4. The third-order valence-corrected chi connectivity index (χ3v) is 7.69. The van der Waals surface area contributed by atoms with Gasteiger partial charge in [-0.2, -0.15) is 4.99 Å². The molecule has 2 aliphatic heterocycles. The molecule has 11 heteroatoms. The van der Waals surface area contributed by atoms with Crippen LogP contribution in [0.4, 0.5) is 5.69 Å². The molecule has 0 bridgehead atoms. The molecule has 10 nitrogen and oxygen atoms in total. The number of aromatic nitrogens is 1. The SMILES string of the molecule is O=C(CC1SC(N2CCCCC2)=NC1=O)Nc1ccc(C(=O)NNC(=O)c2ccccc2-n2cccc2)cc1. The molecule has 2 aromatic carbocycles. The fraction of sp³-hybridized carbons (Fsp3) is 0.250. The molecule has 200 valence electrons. The highest BCUT2D eigenvalue weighted by molar-refractivity contribution is 8.15. The number of rotatable bonds is 6. The maximum absolute atomic E-state index is 12.7. The Bertz CT molecular complexity index is 1400. The molecule has 5 rings (SSSR count). The molecule has 0 aliphatic carbocycles. The van der Waals surface area contributed by atoms with E-state index in [-0.39, 0.29) is 18.2 Å². The number of amidine groups is 1. The number of thioether (sulfide) groups is 1. The number of aliphatic imine (C=N–C) groups is 1. The molecule has 1 unspecified atom stereocenters. The van der Waals surface area contributed by atoms with E-state index in [2.05, 4.69) is 26.1 Å². The van der Waals surface area contributed by atoms with Crippen molar-refractivity contribution in [3.8, 4) is 5.69 Å². The molecule has 0 spiro atoms. The second kappa shape index (κ2) is 12.0. The fourth-order valence-corrected chi connectivity index (χ4v) is 5.57. The Morgan fingerprint density at radius 3 is 2.31 bits per heavy atom. The van der Waals surface area contributed by atoms with E-state index >= 15 is 0 Å². The van der Waals surface area contributed by atoms with E-state index in [9.17, 15) is 19.2 Å². The highest BCUT2D eigenvalue weighted by Gasteiger charge is 2.33. The first kappa shape index (κ1) is 26.2. The van der Waals surface area contributed by atoms with Crippen LogP contribution in [0, 0.1) is 0 Å². The monoisotopic (exact) mass is 544 g/mol. The Kier molecular flexibility index (Phi) is 8.07. The lowest BCUT2D eigenvalue weighted by Gasteiger charge is -2.27. The van der Waals surface area contributed by atoms with Crippen molar-refractivity contribution in [3.05, 3.63) is 84.2 Å². The van der Waals surface area contributed by atoms with Crippen molar-refractivity contribution < 1.29 is 19.2 Å². The van der Waals surface area contributed by atoms with Gasteiger partial charge in [-0.1, -0.05) is 23.9 Å². The first-order valence-corrected chi connectivity index (χ1v) is 13.6. The zero-order valence-corrected chi connectivity index (χ0v) is 21.9. The molecule has 1 aromatic heterocycles. The second-order valence-corrected chi connectivity index (χ2v) is 10.4. The predicted molar refractivity (Wildman–Crippen MR) is 150 cm³/mol. The van der Waals surface area contributed by atoms with Crippen molar-refractivity contribution in [2.24, 2.45) is 4.99 Å². The van der Waals surface area contributed by atoms with E-state index in [0.717, 1.165) is 25.9 Å². The van der Waals surface area contributed by atoms with Crippen LogP contribution in [-0.4, -0.2) is 56.6 Å². The van der Waals surface area contributed by atoms with Gasteiger partial charge in [-0.15, -0.1) is 0 Å². The van der Waals surface area contributed by atoms with Gasteiger partial charge in [0.05, 0.1) is 11.3 Å². The zero-order valence-electron chi connectivity index (χ0n) is 21.1. The number of hydrogen-bond donors (Lipinski definition) is 3. The number of piperidine rings is 1. The summed E-state index contributed by atoms with van der Waals surface area (Å²) in [5, 5.41) is 2.95. The predicted octanol–water partition coefficient (Wildman–Crippen LogP) is 3.36. The fourth-order valence-electron chi connectivity index (χ4n) is 4.45. The van der Waals surface area contributed by atoms with Crippen LogP contribution in [0.25, 0.3) is 5.69 Å². The average molecular weight is 545 g/mol. The number of benzene rings is 2. The number of amides is 4. The minimum atomic E-state index is -0.529. The van der Waals surface area contributed by atoms with Gasteiger partial charge in [0.2, 0.25) is 5.91 Å². The van der Waals surface area contributed by atoms with Crippen LogP contribution in [0.15, 0.2) is 78.0 Å². The molecule has 0 saturated carbocycles. The summed E-state index contributed by atoms with van der Waals surface area (Å²) in [5.74, 6) is -1.54. The number of carbonyl (C=O) groups is 4. The van der Waals surface area contributed by atoms with Crippen molar-refractivity contribution in [1.82, 2.24) is 20.3 Å². The van der Waals surface area contributed by atoms with Crippen molar-refractivity contribution in [1.29, 1.82) is 0 Å². The van der Waals surface area contributed by atoms with E-state index in [4.69, 9.17) is 0 Å². The van der Waals surface area contributed by atoms with E-state index in [1.165, 1.54) is 30.3 Å². The van der Waals surface area contributed by atoms with E-state index in [0.29, 0.717) is 27.7 Å². The lowest BCUT2D eigenvalue weighted by Crippen LogP contribution is -2.41. The maximum Gasteiger partial charge on any atom is 0.271 e. The molecule has 39 heavy (non-hydrogen) atoms. The minimum Gasteiger partial charge on any atom is -0.351 e. The normalized spacial score (nSPS) is 16.9.